The van der Waals surface area contributed by atoms with Gasteiger partial charge in [-0.2, -0.15) is 0 Å². The topological polar surface area (TPSA) is 155 Å². The fourth-order valence-electron chi connectivity index (χ4n) is 4.85. The van der Waals surface area contributed by atoms with E-state index in [1.165, 1.54) is 42.7 Å². The largest absolute Gasteiger partial charge is 0.463 e. The summed E-state index contributed by atoms with van der Waals surface area (Å²) in [6, 6.07) is 4.84. The number of aromatic nitrogens is 3. The van der Waals surface area contributed by atoms with Crippen molar-refractivity contribution in [1.82, 2.24) is 14.5 Å². The molecule has 0 amide bonds. The number of ether oxygens (including phenoxy) is 1. The summed E-state index contributed by atoms with van der Waals surface area (Å²) in [6.45, 7) is 5.30. The van der Waals surface area contributed by atoms with E-state index in [4.69, 9.17) is 4.74 Å². The van der Waals surface area contributed by atoms with Crippen LogP contribution in [0.1, 0.15) is 82.3 Å². The minimum atomic E-state index is -1.65. The molecule has 3 rings (SSSR count). The van der Waals surface area contributed by atoms with E-state index >= 15 is 0 Å². The van der Waals surface area contributed by atoms with Crippen LogP contribution in [0.5, 0.6) is 0 Å². The van der Waals surface area contributed by atoms with Gasteiger partial charge in [-0.3, -0.25) is 19.4 Å². The molecule has 2 aliphatic rings. The quantitative estimate of drug-likeness (QED) is 0.119. The van der Waals surface area contributed by atoms with Crippen molar-refractivity contribution in [3.05, 3.63) is 50.0 Å². The lowest BCUT2D eigenvalue weighted by atomic mass is 10.1. The minimum absolute atomic E-state index is 0.0167. The molecule has 0 unspecified atom stereocenters. The third-order valence-corrected chi connectivity index (χ3v) is 7.42. The number of hydrogen-bond donors (Lipinski definition) is 4. The van der Waals surface area contributed by atoms with Crippen LogP contribution >= 0.6 is 0 Å². The van der Waals surface area contributed by atoms with E-state index in [1.807, 2.05) is 19.9 Å². The summed E-state index contributed by atoms with van der Waals surface area (Å²) in [6.07, 6.45) is 5.69. The fraction of sp³-hybridized carbons (Fsp3) is 0.600. The maximum Gasteiger partial charge on any atom is 0.305 e. The zero-order chi connectivity index (χ0) is 29.2. The normalized spacial score (nSPS) is 13.9. The second-order valence-electron chi connectivity index (χ2n) is 10.7. The standard InChI is InChI=1S/C30H43N3O7/c1-4-5-6-7-8-9-10-11-12-13-27(37)40-18-25(35)29(38)24(34)17-33-22-15-20(3)19(2)14-21(22)31-28-23(33)16-26(36)32-30(28)39/h14-16,24-25,29,34-35,38H,4-13,17-18H2,1-3H3,(H,32,36,39)/t24-,25+,29-/m1/s1. The molecule has 0 spiro atoms. The van der Waals surface area contributed by atoms with Crippen molar-refractivity contribution in [2.45, 2.75) is 110 Å². The van der Waals surface area contributed by atoms with Gasteiger partial charge >= 0.3 is 5.97 Å². The van der Waals surface area contributed by atoms with Crippen molar-refractivity contribution in [3.8, 4) is 11.4 Å². The number of nitrogens with zero attached hydrogens (tertiary/aromatic N) is 2. The Morgan fingerprint density at radius 2 is 1.55 bits per heavy atom. The first-order chi connectivity index (χ1) is 19.1. The van der Waals surface area contributed by atoms with Gasteiger partial charge in [-0.15, -0.1) is 0 Å². The van der Waals surface area contributed by atoms with Crippen LogP contribution in [-0.2, 0) is 16.1 Å². The fourth-order valence-corrected chi connectivity index (χ4v) is 4.85. The number of nitrogens with one attached hydrogen (secondary N) is 1. The summed E-state index contributed by atoms with van der Waals surface area (Å²) in [7, 11) is 0. The zero-order valence-electron chi connectivity index (χ0n) is 23.8. The molecule has 3 atom stereocenters. The third-order valence-electron chi connectivity index (χ3n) is 7.42. The Bertz CT molecular complexity index is 1350. The van der Waals surface area contributed by atoms with Gasteiger partial charge in [0.2, 0.25) is 0 Å². The Hall–Kier alpha value is -3.08. The Morgan fingerprint density at radius 1 is 0.925 bits per heavy atom. The zero-order valence-corrected chi connectivity index (χ0v) is 23.8. The Labute approximate surface area is 234 Å². The summed E-state index contributed by atoms with van der Waals surface area (Å²) >= 11 is 0. The number of H-pyrrole nitrogens is 1. The van der Waals surface area contributed by atoms with Crippen LogP contribution < -0.4 is 11.1 Å². The summed E-state index contributed by atoms with van der Waals surface area (Å²) < 4.78 is 6.67. The predicted molar refractivity (Wildman–Crippen MR) is 154 cm³/mol. The summed E-state index contributed by atoms with van der Waals surface area (Å²) in [5.41, 5.74) is 1.84. The van der Waals surface area contributed by atoms with Gasteiger partial charge in [0.1, 0.15) is 24.9 Å². The molecule has 2 aliphatic heterocycles. The number of aromatic amines is 1. The number of benzene rings is 1. The van der Waals surface area contributed by atoms with Crippen molar-refractivity contribution in [3.63, 3.8) is 0 Å². The lowest BCUT2D eigenvalue weighted by molar-refractivity contribution is -0.152. The van der Waals surface area contributed by atoms with Gasteiger partial charge in [0.05, 0.1) is 23.3 Å². The van der Waals surface area contributed by atoms with E-state index in [0.29, 0.717) is 17.5 Å². The number of hydrogen-bond acceptors (Lipinski definition) is 8. The van der Waals surface area contributed by atoms with Crippen molar-refractivity contribution >= 4 is 17.0 Å². The second-order valence-corrected chi connectivity index (χ2v) is 10.7. The molecule has 0 aliphatic carbocycles. The van der Waals surface area contributed by atoms with Crippen LogP contribution in [0.15, 0.2) is 27.8 Å². The lowest BCUT2D eigenvalue weighted by Gasteiger charge is -2.26. The molecular weight excluding hydrogens is 514 g/mol. The van der Waals surface area contributed by atoms with Crippen LogP contribution in [-0.4, -0.2) is 60.7 Å². The van der Waals surface area contributed by atoms with Crippen LogP contribution in [0.3, 0.4) is 0 Å². The minimum Gasteiger partial charge on any atom is -0.463 e. The first kappa shape index (κ1) is 31.4. The molecule has 2 heterocycles. The monoisotopic (exact) mass is 557 g/mol. The predicted octanol–water partition coefficient (Wildman–Crippen LogP) is 3.35. The molecule has 0 bridgehead atoms. The van der Waals surface area contributed by atoms with E-state index in [0.717, 1.165) is 30.4 Å². The number of pyridine rings is 1. The number of aliphatic hydroxyl groups is 3. The van der Waals surface area contributed by atoms with Crippen LogP contribution in [0, 0.1) is 13.8 Å². The number of carbonyl (C=O) groups is 1. The number of fused-ring (bicyclic) bond motifs is 2. The van der Waals surface area contributed by atoms with Gasteiger partial charge in [-0.25, -0.2) is 4.98 Å². The molecule has 10 nitrogen and oxygen atoms in total. The van der Waals surface area contributed by atoms with Gasteiger partial charge < -0.3 is 24.6 Å². The number of aliphatic hydroxyl groups excluding tert-OH is 3. The van der Waals surface area contributed by atoms with Gasteiger partial charge in [0, 0.05) is 12.5 Å². The average molecular weight is 558 g/mol. The number of rotatable bonds is 16. The summed E-state index contributed by atoms with van der Waals surface area (Å²) in [5.74, 6) is -0.461. The molecule has 0 fully saturated rings. The molecule has 1 aromatic carbocycles. The van der Waals surface area contributed by atoms with Gasteiger partial charge in [0.25, 0.3) is 11.1 Å². The number of aryl methyl sites for hydroxylation is 2. The summed E-state index contributed by atoms with van der Waals surface area (Å²) in [4.78, 5) is 43.3. The maximum atomic E-state index is 12.5. The average Bonchev–Trinajstić information content (AvgIpc) is 2.91. The maximum absolute atomic E-state index is 12.5. The molecule has 0 saturated carbocycles. The Morgan fingerprint density at radius 3 is 2.23 bits per heavy atom. The van der Waals surface area contributed by atoms with Gasteiger partial charge in [-0.05, 0) is 43.5 Å². The highest BCUT2D eigenvalue weighted by molar-refractivity contribution is 5.81. The van der Waals surface area contributed by atoms with Crippen LogP contribution in [0.4, 0.5) is 0 Å². The van der Waals surface area contributed by atoms with E-state index in [2.05, 4.69) is 16.9 Å². The number of carbonyl (C=O) groups excluding carboxylic acids is 1. The van der Waals surface area contributed by atoms with E-state index < -0.39 is 42.0 Å². The van der Waals surface area contributed by atoms with Crippen LogP contribution in [0.2, 0.25) is 0 Å². The molecule has 220 valence electrons. The highest BCUT2D eigenvalue weighted by Crippen LogP contribution is 2.25. The number of unbranched alkanes of at least 4 members (excludes halogenated alkanes) is 8. The smallest absolute Gasteiger partial charge is 0.305 e. The Kier molecular flexibility index (Phi) is 11.8. The van der Waals surface area contributed by atoms with Crippen molar-refractivity contribution in [2.24, 2.45) is 0 Å². The van der Waals surface area contributed by atoms with Gasteiger partial charge in [-0.1, -0.05) is 58.3 Å². The molecule has 4 N–H and O–H groups in total. The molecular formula is C30H43N3O7. The first-order valence-corrected chi connectivity index (χ1v) is 14.4. The summed E-state index contributed by atoms with van der Waals surface area (Å²) in [5, 5.41) is 31.9. The van der Waals surface area contributed by atoms with Crippen molar-refractivity contribution in [1.29, 1.82) is 0 Å². The SMILES string of the molecule is CCCCCCCCCCCC(=O)OC[C@H](O)[C@H](O)[C@H](O)Cn1c2cc(=O)[nH]c(=O)c-2nc2cc(C)c(C)cc21. The molecule has 0 radical (unpaired) electrons. The van der Waals surface area contributed by atoms with E-state index in [-0.39, 0.29) is 24.4 Å². The van der Waals surface area contributed by atoms with Crippen molar-refractivity contribution in [2.75, 3.05) is 6.61 Å². The van der Waals surface area contributed by atoms with Gasteiger partial charge in [0.15, 0.2) is 5.69 Å². The van der Waals surface area contributed by atoms with Crippen molar-refractivity contribution < 1.29 is 24.9 Å². The number of esters is 1. The van der Waals surface area contributed by atoms with E-state index in [1.54, 1.807) is 6.07 Å². The molecule has 0 aromatic heterocycles. The first-order valence-electron chi connectivity index (χ1n) is 14.4. The third kappa shape index (κ3) is 8.46. The Balaban J connectivity index is 1.58. The van der Waals surface area contributed by atoms with Crippen LogP contribution in [0.25, 0.3) is 22.4 Å². The molecule has 10 heteroatoms. The highest BCUT2D eigenvalue weighted by Gasteiger charge is 2.28. The van der Waals surface area contributed by atoms with E-state index in [9.17, 15) is 29.7 Å². The molecule has 1 aromatic rings. The molecule has 40 heavy (non-hydrogen) atoms. The second kappa shape index (κ2) is 15.1. The highest BCUT2D eigenvalue weighted by atomic mass is 16.5. The lowest BCUT2D eigenvalue weighted by Crippen LogP contribution is -2.43. The molecule has 0 saturated heterocycles.